The topological polar surface area (TPSA) is 38.5 Å². The molecule has 3 nitrogen and oxygen atoms in total. The average molecular weight is 262 g/mol. The summed E-state index contributed by atoms with van der Waals surface area (Å²) in [4.78, 5) is 2.41. The number of nitrogens with two attached hydrogens (primary N) is 1. The van der Waals surface area contributed by atoms with Crippen molar-refractivity contribution < 1.29 is 4.74 Å². The predicted octanol–water partition coefficient (Wildman–Crippen LogP) is 3.10. The van der Waals surface area contributed by atoms with Crippen LogP contribution in [0.15, 0.2) is 18.2 Å². The quantitative estimate of drug-likeness (QED) is 0.906. The summed E-state index contributed by atoms with van der Waals surface area (Å²) in [7, 11) is 0. The molecule has 1 aliphatic rings. The van der Waals surface area contributed by atoms with Gasteiger partial charge in [-0.05, 0) is 44.4 Å². The molecule has 0 saturated heterocycles. The van der Waals surface area contributed by atoms with Gasteiger partial charge >= 0.3 is 0 Å². The minimum Gasteiger partial charge on any atom is -0.483 e. The normalized spacial score (nSPS) is 18.7. The van der Waals surface area contributed by atoms with Crippen LogP contribution in [0.2, 0.25) is 0 Å². The Morgan fingerprint density at radius 3 is 2.63 bits per heavy atom. The molecule has 1 aromatic carbocycles. The van der Waals surface area contributed by atoms with Crippen molar-refractivity contribution in [2.75, 3.05) is 18.0 Å². The fourth-order valence-corrected chi connectivity index (χ4v) is 2.74. The van der Waals surface area contributed by atoms with Gasteiger partial charge in [0.05, 0.1) is 12.2 Å². The van der Waals surface area contributed by atoms with E-state index >= 15 is 0 Å². The molecule has 19 heavy (non-hydrogen) atoms. The van der Waals surface area contributed by atoms with Gasteiger partial charge in [0, 0.05) is 12.6 Å². The largest absolute Gasteiger partial charge is 0.483 e. The van der Waals surface area contributed by atoms with Gasteiger partial charge in [-0.2, -0.15) is 0 Å². The Labute approximate surface area is 116 Å². The number of ether oxygens (including phenoxy) is 1. The van der Waals surface area contributed by atoms with Crippen LogP contribution in [0.3, 0.4) is 0 Å². The third kappa shape index (κ3) is 2.57. The molecule has 1 atom stereocenters. The second-order valence-electron chi connectivity index (χ2n) is 5.68. The molecule has 1 unspecified atom stereocenters. The van der Waals surface area contributed by atoms with E-state index in [9.17, 15) is 0 Å². The van der Waals surface area contributed by atoms with Gasteiger partial charge in [0.1, 0.15) is 11.4 Å². The van der Waals surface area contributed by atoms with Gasteiger partial charge in [-0.1, -0.05) is 19.9 Å². The number of rotatable bonds is 4. The number of hydrogen-bond donors (Lipinski definition) is 1. The molecular weight excluding hydrogens is 236 g/mol. The van der Waals surface area contributed by atoms with Crippen LogP contribution in [0.1, 0.15) is 39.2 Å². The number of hydrogen-bond acceptors (Lipinski definition) is 3. The minimum atomic E-state index is -0.0791. The lowest BCUT2D eigenvalue weighted by Crippen LogP contribution is -2.54. The number of fused-ring (bicyclic) bond motifs is 1. The molecule has 106 valence electrons. The second-order valence-corrected chi connectivity index (χ2v) is 5.68. The summed E-state index contributed by atoms with van der Waals surface area (Å²) in [5.41, 5.74) is 8.22. The lowest BCUT2D eigenvalue weighted by Gasteiger charge is -2.46. The summed E-state index contributed by atoms with van der Waals surface area (Å²) in [6.45, 7) is 10.3. The zero-order chi connectivity index (χ0) is 14.0. The van der Waals surface area contributed by atoms with E-state index in [4.69, 9.17) is 10.5 Å². The molecule has 0 aliphatic carbocycles. The third-order valence-corrected chi connectivity index (χ3v) is 4.37. The highest BCUT2D eigenvalue weighted by Crippen LogP contribution is 2.41. The van der Waals surface area contributed by atoms with Gasteiger partial charge in [-0.25, -0.2) is 0 Å². The number of benzene rings is 1. The van der Waals surface area contributed by atoms with Crippen LogP contribution in [0.4, 0.5) is 5.69 Å². The lowest BCUT2D eigenvalue weighted by atomic mass is 9.93. The first-order chi connectivity index (χ1) is 9.05. The van der Waals surface area contributed by atoms with Crippen LogP contribution in [-0.4, -0.2) is 24.7 Å². The third-order valence-electron chi connectivity index (χ3n) is 4.37. The van der Waals surface area contributed by atoms with Crippen LogP contribution in [0.25, 0.3) is 0 Å². The van der Waals surface area contributed by atoms with Crippen molar-refractivity contribution in [1.29, 1.82) is 0 Å². The Morgan fingerprint density at radius 1 is 1.37 bits per heavy atom. The maximum atomic E-state index is 6.34. The summed E-state index contributed by atoms with van der Waals surface area (Å²) >= 11 is 0. The number of nitrogens with zero attached hydrogens (tertiary/aromatic N) is 1. The van der Waals surface area contributed by atoms with E-state index in [0.29, 0.717) is 12.6 Å². The molecular formula is C16H26N2O. The molecule has 2 rings (SSSR count). The van der Waals surface area contributed by atoms with Gasteiger partial charge in [0.25, 0.3) is 0 Å². The molecule has 0 bridgehead atoms. The van der Waals surface area contributed by atoms with E-state index in [1.165, 1.54) is 11.3 Å². The molecule has 0 spiro atoms. The van der Waals surface area contributed by atoms with Crippen molar-refractivity contribution in [3.8, 4) is 5.75 Å². The Balaban J connectivity index is 2.45. The summed E-state index contributed by atoms with van der Waals surface area (Å²) in [6, 6.07) is 6.78. The molecule has 0 aromatic heterocycles. The molecule has 3 heteroatoms. The summed E-state index contributed by atoms with van der Waals surface area (Å²) < 4.78 is 6.34. The first-order valence-electron chi connectivity index (χ1n) is 7.31. The zero-order valence-corrected chi connectivity index (χ0v) is 12.6. The first kappa shape index (κ1) is 14.2. The Morgan fingerprint density at radius 2 is 2.05 bits per heavy atom. The van der Waals surface area contributed by atoms with E-state index in [1.807, 2.05) is 0 Å². The highest BCUT2D eigenvalue weighted by Gasteiger charge is 2.38. The van der Waals surface area contributed by atoms with Gasteiger partial charge in [0.2, 0.25) is 0 Å². The van der Waals surface area contributed by atoms with E-state index in [2.05, 4.69) is 50.8 Å². The molecule has 0 radical (unpaired) electrons. The lowest BCUT2D eigenvalue weighted by molar-refractivity contribution is 0.0553. The van der Waals surface area contributed by atoms with Crippen molar-refractivity contribution in [3.63, 3.8) is 0 Å². The van der Waals surface area contributed by atoms with Crippen LogP contribution in [0.5, 0.6) is 5.75 Å². The Hall–Kier alpha value is -1.22. The van der Waals surface area contributed by atoms with Crippen LogP contribution in [-0.2, 0) is 0 Å². The highest BCUT2D eigenvalue weighted by atomic mass is 16.5. The predicted molar refractivity (Wildman–Crippen MR) is 81.0 cm³/mol. The fourth-order valence-electron chi connectivity index (χ4n) is 2.74. The highest BCUT2D eigenvalue weighted by molar-refractivity contribution is 5.62. The molecule has 1 aliphatic heterocycles. The van der Waals surface area contributed by atoms with Crippen molar-refractivity contribution in [2.24, 2.45) is 5.73 Å². The summed E-state index contributed by atoms with van der Waals surface area (Å²) in [6.07, 6.45) is 2.04. The minimum absolute atomic E-state index is 0.0791. The Bertz CT molecular complexity index is 440. The standard InChI is InChI=1S/C16H26N2O/c1-5-16(6-2)11-18(13(4)10-17)14-8-7-12(3)9-15(14)19-16/h7-9,13H,5-6,10-11,17H2,1-4H3. The zero-order valence-electron chi connectivity index (χ0n) is 12.6. The SMILES string of the molecule is CCC1(CC)CN(C(C)CN)c2ccc(C)cc2O1. The van der Waals surface area contributed by atoms with Gasteiger partial charge in [-0.3, -0.25) is 0 Å². The van der Waals surface area contributed by atoms with Crippen LogP contribution in [0, 0.1) is 6.92 Å². The molecule has 0 fully saturated rings. The van der Waals surface area contributed by atoms with Crippen molar-refractivity contribution in [2.45, 2.75) is 52.2 Å². The monoisotopic (exact) mass is 262 g/mol. The van der Waals surface area contributed by atoms with E-state index < -0.39 is 0 Å². The smallest absolute Gasteiger partial charge is 0.143 e. The Kier molecular flexibility index (Phi) is 4.04. The van der Waals surface area contributed by atoms with Crippen molar-refractivity contribution in [3.05, 3.63) is 23.8 Å². The molecule has 0 amide bonds. The van der Waals surface area contributed by atoms with Crippen LogP contribution < -0.4 is 15.4 Å². The average Bonchev–Trinajstić information content (AvgIpc) is 2.44. The van der Waals surface area contributed by atoms with Crippen molar-refractivity contribution >= 4 is 5.69 Å². The number of aryl methyl sites for hydroxylation is 1. The molecule has 2 N–H and O–H groups in total. The van der Waals surface area contributed by atoms with Crippen molar-refractivity contribution in [1.82, 2.24) is 0 Å². The summed E-state index contributed by atoms with van der Waals surface area (Å²) in [5, 5.41) is 0. The summed E-state index contributed by atoms with van der Waals surface area (Å²) in [5.74, 6) is 1.01. The molecule has 1 heterocycles. The fraction of sp³-hybridized carbons (Fsp3) is 0.625. The molecule has 0 saturated carbocycles. The van der Waals surface area contributed by atoms with E-state index in [1.54, 1.807) is 0 Å². The van der Waals surface area contributed by atoms with E-state index in [-0.39, 0.29) is 5.60 Å². The van der Waals surface area contributed by atoms with Crippen LogP contribution >= 0.6 is 0 Å². The van der Waals surface area contributed by atoms with Gasteiger partial charge < -0.3 is 15.4 Å². The molecule has 1 aromatic rings. The maximum Gasteiger partial charge on any atom is 0.143 e. The maximum absolute atomic E-state index is 6.34. The van der Waals surface area contributed by atoms with Gasteiger partial charge in [-0.15, -0.1) is 0 Å². The number of anilines is 1. The van der Waals surface area contributed by atoms with E-state index in [0.717, 1.165) is 25.1 Å². The first-order valence-corrected chi connectivity index (χ1v) is 7.31. The second kappa shape index (κ2) is 5.41. The van der Waals surface area contributed by atoms with Gasteiger partial charge in [0.15, 0.2) is 0 Å².